The van der Waals surface area contributed by atoms with Gasteiger partial charge in [-0.3, -0.25) is 25.5 Å². The Morgan fingerprint density at radius 2 is 0.963 bits per heavy atom. The Hall–Kier alpha value is -10.1. The van der Waals surface area contributed by atoms with E-state index in [9.17, 15) is 17.6 Å². The molecule has 0 amide bonds. The zero-order chi connectivity index (χ0) is 59.0. The second-order valence-corrected chi connectivity index (χ2v) is 15.9. The van der Waals surface area contributed by atoms with Crippen LogP contribution in [0.1, 0.15) is 104 Å². The molecule has 10 rings (SSSR count). The zero-order valence-corrected chi connectivity index (χ0v) is 42.6. The maximum Gasteiger partial charge on any atom is 0.373 e. The fraction of sp³-hybridized carbons (Fsp3) is 0.340. The molecule has 80 heavy (non-hydrogen) atoms. The molecular formula is C50H53F4N15O11. The lowest BCUT2D eigenvalue weighted by Gasteiger charge is -2.20. The number of nitrogens with zero attached hydrogens (tertiary/aromatic N) is 10. The molecular weight excluding hydrogens is 1060 g/mol. The molecule has 5 N–H and O–H groups in total. The highest BCUT2D eigenvalue weighted by Gasteiger charge is 2.17. The van der Waals surface area contributed by atoms with E-state index in [1.807, 2.05) is 18.2 Å². The quantitative estimate of drug-likeness (QED) is 0.105. The van der Waals surface area contributed by atoms with Crippen molar-refractivity contribution in [2.45, 2.75) is 83.5 Å². The van der Waals surface area contributed by atoms with Crippen LogP contribution in [0.3, 0.4) is 0 Å². The second kappa shape index (κ2) is 44.1. The number of nitrogens with one attached hydrogen (secondary N) is 5. The van der Waals surface area contributed by atoms with Gasteiger partial charge in [0.25, 0.3) is 0 Å². The summed E-state index contributed by atoms with van der Waals surface area (Å²) in [4.78, 5) is 101. The molecule has 2 fully saturated rings. The highest BCUT2D eigenvalue weighted by Crippen LogP contribution is 2.28. The van der Waals surface area contributed by atoms with E-state index in [-0.39, 0.29) is 60.6 Å². The number of aromatic amines is 5. The topological polar surface area (TPSA) is 388 Å². The van der Waals surface area contributed by atoms with E-state index in [0.29, 0.717) is 17.6 Å². The predicted octanol–water partition coefficient (Wildman–Crippen LogP) is 5.09. The van der Waals surface area contributed by atoms with Crippen molar-refractivity contribution in [1.29, 1.82) is 0 Å². The summed E-state index contributed by atoms with van der Waals surface area (Å²) in [6.45, 7) is 3.91. The van der Waals surface area contributed by atoms with Gasteiger partial charge in [-0.15, -0.1) is 0 Å². The van der Waals surface area contributed by atoms with E-state index in [2.05, 4.69) is 95.0 Å². The third kappa shape index (κ3) is 29.9. The summed E-state index contributed by atoms with van der Waals surface area (Å²) >= 11 is 0. The van der Waals surface area contributed by atoms with E-state index in [4.69, 9.17) is 52.7 Å². The standard InChI is InChI=1S/C10H11N3.2C9H7F2N3.C9H15N3.C8H13N3O.5CO2/c1-8(10-11-7-12-13-10)9-5-3-2-4-6-9;10-7-2-1-3-8(11)6(7)4-9-12-5-13-14-9;10-7-3-1-2-6(9(7)11)4-8-12-5-13-14-8;1-2-4-8(3-1)5-6-9-10-7-11-12-9;1-2-7(5-12-3-1)4-8-9-6-10-11-8;5*2-1-3/h2-8H,1H3,(H,11,12,13);2*1-3,5H,4H2,(H,12,13,14);7-8H,1-6H2,(H,10,11,12);6-7H,1-5H2,(H,9,10,11);;;;;. The summed E-state index contributed by atoms with van der Waals surface area (Å²) in [6, 6.07) is 18.1. The smallest absolute Gasteiger partial charge is 0.373 e. The van der Waals surface area contributed by atoms with Crippen LogP contribution in [0.25, 0.3) is 0 Å². The fourth-order valence-electron chi connectivity index (χ4n) is 7.25. The van der Waals surface area contributed by atoms with E-state index >= 15 is 0 Å². The van der Waals surface area contributed by atoms with Gasteiger partial charge >= 0.3 is 30.8 Å². The molecule has 2 atom stereocenters. The predicted molar refractivity (Wildman–Crippen MR) is 257 cm³/mol. The van der Waals surface area contributed by atoms with Crippen LogP contribution in [-0.2, 0) is 78.4 Å². The molecule has 0 spiro atoms. The minimum Gasteiger partial charge on any atom is -0.381 e. The van der Waals surface area contributed by atoms with Gasteiger partial charge in [-0.2, -0.15) is 73.4 Å². The normalized spacial score (nSPS) is 12.6. The number of aromatic nitrogens is 15. The van der Waals surface area contributed by atoms with Gasteiger partial charge in [0.05, 0.1) is 0 Å². The monoisotopic (exact) mass is 1120 g/mol. The molecule has 8 aromatic rings. The molecule has 1 saturated heterocycles. The van der Waals surface area contributed by atoms with Gasteiger partial charge in [-0.1, -0.05) is 81.1 Å². The first kappa shape index (κ1) is 68.0. The molecule has 1 aliphatic carbocycles. The van der Waals surface area contributed by atoms with E-state index < -0.39 is 23.3 Å². The average Bonchev–Trinajstić information content (AvgIpc) is 4.33. The SMILES string of the molecule is CC(c1ccccc1)c1ncn[nH]1.Fc1cccc(Cc2ncn[nH]2)c1F.Fc1cccc(F)c1Cc1ncn[nH]1.O=C=O.O=C=O.O=C=O.O=C=O.O=C=O.c1n[nH]c(CC2CCCOC2)n1.c1n[nH]c(CCC2CCCC2)n1. The lowest BCUT2D eigenvalue weighted by molar-refractivity contribution is -0.193. The van der Waals surface area contributed by atoms with Crippen molar-refractivity contribution in [3.05, 3.63) is 167 Å². The van der Waals surface area contributed by atoms with Crippen molar-refractivity contribution in [1.82, 2.24) is 75.9 Å². The summed E-state index contributed by atoms with van der Waals surface area (Å²) < 4.78 is 57.6. The van der Waals surface area contributed by atoms with Crippen LogP contribution in [0.15, 0.2) is 98.4 Å². The molecule has 6 heterocycles. The Bertz CT molecular complexity index is 2870. The van der Waals surface area contributed by atoms with Gasteiger partial charge < -0.3 is 4.74 Å². The molecule has 30 heteroatoms. The highest BCUT2D eigenvalue weighted by atomic mass is 19.2. The van der Waals surface area contributed by atoms with Gasteiger partial charge in [0.1, 0.15) is 72.4 Å². The van der Waals surface area contributed by atoms with E-state index in [1.54, 1.807) is 12.7 Å². The van der Waals surface area contributed by atoms with Crippen LogP contribution >= 0.6 is 0 Å². The van der Waals surface area contributed by atoms with Crippen LogP contribution in [0.5, 0.6) is 0 Å². The average molecular weight is 1120 g/mol. The second-order valence-electron chi connectivity index (χ2n) is 15.9. The number of benzene rings is 3. The zero-order valence-electron chi connectivity index (χ0n) is 42.6. The molecule has 2 unspecified atom stereocenters. The third-order valence-electron chi connectivity index (χ3n) is 10.8. The largest absolute Gasteiger partial charge is 0.381 e. The first-order valence-corrected chi connectivity index (χ1v) is 23.6. The van der Waals surface area contributed by atoms with Crippen molar-refractivity contribution in [2.24, 2.45) is 11.8 Å². The number of hydrogen-bond donors (Lipinski definition) is 5. The third-order valence-corrected chi connectivity index (χ3v) is 10.8. The van der Waals surface area contributed by atoms with Crippen molar-refractivity contribution in [2.75, 3.05) is 13.2 Å². The number of rotatable bonds is 11. The molecule has 422 valence electrons. The Labute approximate surface area is 451 Å². The van der Waals surface area contributed by atoms with Gasteiger partial charge in [0.15, 0.2) is 11.6 Å². The summed E-state index contributed by atoms with van der Waals surface area (Å²) in [7, 11) is 0. The first-order chi connectivity index (χ1) is 38.9. The maximum absolute atomic E-state index is 13.2. The van der Waals surface area contributed by atoms with Crippen LogP contribution in [0, 0.1) is 35.1 Å². The number of hydrogen-bond acceptors (Lipinski definition) is 21. The molecule has 0 radical (unpaired) electrons. The molecule has 26 nitrogen and oxygen atoms in total. The first-order valence-electron chi connectivity index (χ1n) is 23.6. The number of ether oxygens (including phenoxy) is 1. The summed E-state index contributed by atoms with van der Waals surface area (Å²) in [5.74, 6) is 2.93. The van der Waals surface area contributed by atoms with Crippen LogP contribution in [0.4, 0.5) is 17.6 Å². The molecule has 5 aromatic heterocycles. The summed E-state index contributed by atoms with van der Waals surface area (Å²) in [5.41, 5.74) is 1.52. The Morgan fingerprint density at radius 3 is 1.44 bits per heavy atom. The van der Waals surface area contributed by atoms with E-state index in [0.717, 1.165) is 55.5 Å². The molecule has 2 aliphatic rings. The van der Waals surface area contributed by atoms with Crippen molar-refractivity contribution in [3.8, 4) is 0 Å². The fourth-order valence-corrected chi connectivity index (χ4v) is 7.25. The molecule has 1 saturated carbocycles. The van der Waals surface area contributed by atoms with Gasteiger partial charge in [-0.25, -0.2) is 42.5 Å². The van der Waals surface area contributed by atoms with Crippen molar-refractivity contribution in [3.63, 3.8) is 0 Å². The highest BCUT2D eigenvalue weighted by molar-refractivity contribution is 5.25. The van der Waals surface area contributed by atoms with Crippen molar-refractivity contribution < 1.29 is 70.2 Å². The van der Waals surface area contributed by atoms with Crippen LogP contribution in [0.2, 0.25) is 0 Å². The molecule has 0 bridgehead atoms. The molecule has 1 aliphatic heterocycles. The lowest BCUT2D eigenvalue weighted by atomic mass is 9.98. The van der Waals surface area contributed by atoms with Crippen LogP contribution < -0.4 is 0 Å². The Balaban J connectivity index is 0.000000470. The number of aryl methyl sites for hydroxylation is 1. The van der Waals surface area contributed by atoms with Gasteiger partial charge in [0, 0.05) is 50.4 Å². The lowest BCUT2D eigenvalue weighted by Crippen LogP contribution is -2.19. The molecule has 3 aromatic carbocycles. The minimum absolute atomic E-state index is 0.00394. The van der Waals surface area contributed by atoms with Crippen LogP contribution in [-0.4, -0.2) is 120 Å². The number of H-pyrrole nitrogens is 5. The Morgan fingerprint density at radius 1 is 0.512 bits per heavy atom. The van der Waals surface area contributed by atoms with Gasteiger partial charge in [-0.05, 0) is 60.4 Å². The summed E-state index contributed by atoms with van der Waals surface area (Å²) in [5, 5.41) is 32.5. The minimum atomic E-state index is -0.845. The van der Waals surface area contributed by atoms with Gasteiger partial charge in [0.2, 0.25) is 0 Å². The maximum atomic E-state index is 13.2. The Kier molecular flexibility index (Phi) is 37.5. The van der Waals surface area contributed by atoms with E-state index in [1.165, 1.54) is 99.8 Å². The number of halogens is 4. The summed E-state index contributed by atoms with van der Waals surface area (Å²) in [6.07, 6.45) is 20.3. The van der Waals surface area contributed by atoms with Crippen molar-refractivity contribution >= 4 is 30.8 Å². The number of carbonyl (C=O) groups excluding carboxylic acids is 10.